The lowest BCUT2D eigenvalue weighted by atomic mass is 10.2. The summed E-state index contributed by atoms with van der Waals surface area (Å²) >= 11 is 3.30. The maximum Gasteiger partial charge on any atom is 0.372 e. The maximum absolute atomic E-state index is 11.9. The normalized spacial score (nSPS) is 10.6. The van der Waals surface area contributed by atoms with Crippen molar-refractivity contribution in [1.29, 1.82) is 0 Å². The van der Waals surface area contributed by atoms with Gasteiger partial charge in [0.25, 0.3) is 5.56 Å². The first kappa shape index (κ1) is 12.6. The molecule has 0 saturated heterocycles. The van der Waals surface area contributed by atoms with Crippen LogP contribution in [0.4, 0.5) is 0 Å². The zero-order valence-electron chi connectivity index (χ0n) is 9.51. The molecule has 0 fully saturated rings. The summed E-state index contributed by atoms with van der Waals surface area (Å²) in [5.41, 5.74) is 0.891. The highest BCUT2D eigenvalue weighted by atomic mass is 79.9. The highest BCUT2D eigenvalue weighted by Gasteiger charge is 2.15. The van der Waals surface area contributed by atoms with E-state index in [0.29, 0.717) is 11.1 Å². The molecule has 0 aliphatic heterocycles. The van der Waals surface area contributed by atoms with Gasteiger partial charge in [-0.15, -0.1) is 0 Å². The molecule has 6 heteroatoms. The van der Waals surface area contributed by atoms with Crippen molar-refractivity contribution in [2.45, 2.75) is 13.5 Å². The third kappa shape index (κ3) is 2.38. The van der Waals surface area contributed by atoms with Gasteiger partial charge in [0.1, 0.15) is 0 Å². The Morgan fingerprint density at radius 2 is 2.28 bits per heavy atom. The van der Waals surface area contributed by atoms with E-state index in [9.17, 15) is 9.59 Å². The number of pyridine rings is 1. The topological polar surface area (TPSA) is 72.4 Å². The number of carbonyl (C=O) groups is 1. The molecule has 94 valence electrons. The summed E-state index contributed by atoms with van der Waals surface area (Å²) in [6, 6.07) is 3.26. The summed E-state index contributed by atoms with van der Waals surface area (Å²) in [6.45, 7) is 1.87. The predicted octanol–water partition coefficient (Wildman–Crippen LogP) is 2.26. The van der Waals surface area contributed by atoms with Gasteiger partial charge in [0.05, 0.1) is 12.8 Å². The van der Waals surface area contributed by atoms with Gasteiger partial charge in [-0.05, 0) is 35.0 Å². The largest absolute Gasteiger partial charge is 0.475 e. The Bertz CT molecular complexity index is 656. The maximum atomic E-state index is 11.9. The molecule has 0 atom stereocenters. The first-order chi connectivity index (χ1) is 8.49. The molecule has 2 aromatic rings. The summed E-state index contributed by atoms with van der Waals surface area (Å²) < 4.78 is 7.08. The molecule has 0 spiro atoms. The number of carboxylic acids is 1. The number of halogens is 1. The standard InChI is InChI=1S/C12H10BrNO4/c1-7-4-9(13)6-14(11(7)15)5-8-2-3-18-10(8)12(16)17/h2-4,6H,5H2,1H3,(H,16,17). The van der Waals surface area contributed by atoms with E-state index in [1.165, 1.54) is 10.8 Å². The molecule has 1 N–H and O–H groups in total. The van der Waals surface area contributed by atoms with E-state index in [4.69, 9.17) is 9.52 Å². The van der Waals surface area contributed by atoms with Crippen LogP contribution in [0.1, 0.15) is 21.7 Å². The Labute approximate surface area is 111 Å². The van der Waals surface area contributed by atoms with Crippen molar-refractivity contribution in [1.82, 2.24) is 4.57 Å². The molecule has 5 nitrogen and oxygen atoms in total. The number of nitrogens with zero attached hydrogens (tertiary/aromatic N) is 1. The molecule has 2 rings (SSSR count). The van der Waals surface area contributed by atoms with Crippen LogP contribution in [-0.4, -0.2) is 15.6 Å². The van der Waals surface area contributed by atoms with Gasteiger partial charge >= 0.3 is 5.97 Å². The zero-order valence-corrected chi connectivity index (χ0v) is 11.1. The highest BCUT2D eigenvalue weighted by Crippen LogP contribution is 2.14. The van der Waals surface area contributed by atoms with Gasteiger partial charge < -0.3 is 14.1 Å². The fourth-order valence-electron chi connectivity index (χ4n) is 1.69. The molecule has 0 radical (unpaired) electrons. The molecular weight excluding hydrogens is 302 g/mol. The summed E-state index contributed by atoms with van der Waals surface area (Å²) in [6.07, 6.45) is 2.92. The van der Waals surface area contributed by atoms with Crippen molar-refractivity contribution in [3.05, 3.63) is 56.3 Å². The minimum Gasteiger partial charge on any atom is -0.475 e. The van der Waals surface area contributed by atoms with Crippen molar-refractivity contribution in [3.8, 4) is 0 Å². The van der Waals surface area contributed by atoms with Gasteiger partial charge in [-0.25, -0.2) is 4.79 Å². The Kier molecular flexibility index (Phi) is 3.38. The van der Waals surface area contributed by atoms with Gasteiger partial charge in [-0.1, -0.05) is 0 Å². The molecule has 0 aliphatic carbocycles. The minimum atomic E-state index is -1.14. The predicted molar refractivity (Wildman–Crippen MR) is 67.9 cm³/mol. The Balaban J connectivity index is 2.43. The number of rotatable bonds is 3. The number of furan rings is 1. The van der Waals surface area contributed by atoms with Crippen LogP contribution in [0.3, 0.4) is 0 Å². The van der Waals surface area contributed by atoms with Crippen LogP contribution in [0.15, 0.2) is 38.3 Å². The molecule has 0 aliphatic rings. The first-order valence-corrected chi connectivity index (χ1v) is 5.94. The number of aromatic carboxylic acids is 1. The van der Waals surface area contributed by atoms with E-state index in [-0.39, 0.29) is 17.9 Å². The molecule has 0 saturated carbocycles. The fourth-order valence-corrected chi connectivity index (χ4v) is 2.28. The average molecular weight is 312 g/mol. The second kappa shape index (κ2) is 4.81. The van der Waals surface area contributed by atoms with Crippen LogP contribution in [-0.2, 0) is 6.54 Å². The highest BCUT2D eigenvalue weighted by molar-refractivity contribution is 9.10. The molecule has 2 heterocycles. The lowest BCUT2D eigenvalue weighted by Gasteiger charge is -2.06. The third-order valence-corrected chi connectivity index (χ3v) is 2.95. The van der Waals surface area contributed by atoms with E-state index < -0.39 is 5.97 Å². The summed E-state index contributed by atoms with van der Waals surface area (Å²) in [4.78, 5) is 22.8. The Morgan fingerprint density at radius 1 is 1.56 bits per heavy atom. The van der Waals surface area contributed by atoms with Gasteiger partial charge in [-0.2, -0.15) is 0 Å². The van der Waals surface area contributed by atoms with Crippen molar-refractivity contribution < 1.29 is 14.3 Å². The van der Waals surface area contributed by atoms with E-state index in [0.717, 1.165) is 4.47 Å². The van der Waals surface area contributed by atoms with Crippen LogP contribution in [0, 0.1) is 6.92 Å². The number of aromatic nitrogens is 1. The van der Waals surface area contributed by atoms with Crippen molar-refractivity contribution in [3.63, 3.8) is 0 Å². The Hall–Kier alpha value is -1.82. The Morgan fingerprint density at radius 3 is 2.94 bits per heavy atom. The van der Waals surface area contributed by atoms with E-state index in [1.807, 2.05) is 0 Å². The van der Waals surface area contributed by atoms with Crippen LogP contribution in [0.2, 0.25) is 0 Å². The first-order valence-electron chi connectivity index (χ1n) is 5.15. The molecule has 0 bridgehead atoms. The van der Waals surface area contributed by atoms with Gasteiger partial charge in [0.15, 0.2) is 0 Å². The number of hydrogen-bond donors (Lipinski definition) is 1. The van der Waals surface area contributed by atoms with Gasteiger partial charge in [0.2, 0.25) is 5.76 Å². The lowest BCUT2D eigenvalue weighted by molar-refractivity contribution is 0.0660. The summed E-state index contributed by atoms with van der Waals surface area (Å²) in [5.74, 6) is -1.28. The summed E-state index contributed by atoms with van der Waals surface area (Å²) in [7, 11) is 0. The monoisotopic (exact) mass is 311 g/mol. The number of hydrogen-bond acceptors (Lipinski definition) is 3. The van der Waals surface area contributed by atoms with Crippen LogP contribution >= 0.6 is 15.9 Å². The molecule has 2 aromatic heterocycles. The zero-order chi connectivity index (χ0) is 13.3. The van der Waals surface area contributed by atoms with Gasteiger partial charge in [0, 0.05) is 21.8 Å². The quantitative estimate of drug-likeness (QED) is 0.943. The van der Waals surface area contributed by atoms with Crippen molar-refractivity contribution in [2.24, 2.45) is 0 Å². The number of carboxylic acid groups (broad SMARTS) is 1. The van der Waals surface area contributed by atoms with Gasteiger partial charge in [-0.3, -0.25) is 4.79 Å². The van der Waals surface area contributed by atoms with E-state index >= 15 is 0 Å². The third-order valence-electron chi connectivity index (χ3n) is 2.51. The van der Waals surface area contributed by atoms with E-state index in [2.05, 4.69) is 15.9 Å². The SMILES string of the molecule is Cc1cc(Br)cn(Cc2ccoc2C(=O)O)c1=O. The van der Waals surface area contributed by atoms with Crippen molar-refractivity contribution in [2.75, 3.05) is 0 Å². The van der Waals surface area contributed by atoms with E-state index in [1.54, 1.807) is 25.3 Å². The smallest absolute Gasteiger partial charge is 0.372 e. The second-order valence-electron chi connectivity index (χ2n) is 3.85. The summed E-state index contributed by atoms with van der Waals surface area (Å²) in [5, 5.41) is 8.92. The average Bonchev–Trinajstić information content (AvgIpc) is 2.73. The molecule has 18 heavy (non-hydrogen) atoms. The fraction of sp³-hybridized carbons (Fsp3) is 0.167. The van der Waals surface area contributed by atoms with Crippen LogP contribution in [0.5, 0.6) is 0 Å². The molecular formula is C12H10BrNO4. The van der Waals surface area contributed by atoms with Crippen LogP contribution < -0.4 is 5.56 Å². The molecule has 0 aromatic carbocycles. The molecule has 0 unspecified atom stereocenters. The van der Waals surface area contributed by atoms with Crippen LogP contribution in [0.25, 0.3) is 0 Å². The minimum absolute atomic E-state index is 0.139. The number of aryl methyl sites for hydroxylation is 1. The van der Waals surface area contributed by atoms with Crippen molar-refractivity contribution >= 4 is 21.9 Å². The molecule has 0 amide bonds. The second-order valence-corrected chi connectivity index (χ2v) is 4.77. The lowest BCUT2D eigenvalue weighted by Crippen LogP contribution is -2.22.